The first kappa shape index (κ1) is 31.5. The molecule has 0 aliphatic carbocycles. The number of hydrogen-bond acceptors (Lipinski definition) is 5. The largest absolute Gasteiger partial charge is 0.261 e. The second kappa shape index (κ2) is 13.7. The van der Waals surface area contributed by atoms with E-state index in [2.05, 4.69) is 93.3 Å². The average molecular weight is 440 g/mol. The van der Waals surface area contributed by atoms with Gasteiger partial charge in [-0.1, -0.05) is 83.2 Å². The van der Waals surface area contributed by atoms with Crippen molar-refractivity contribution in [1.82, 2.24) is 24.9 Å². The zero-order valence-electron chi connectivity index (χ0n) is 20.0. The van der Waals surface area contributed by atoms with E-state index >= 15 is 0 Å². The molecule has 0 atom stereocenters. The minimum absolute atomic E-state index is 0. The van der Waals surface area contributed by atoms with Gasteiger partial charge in [-0.3, -0.25) is 4.98 Å². The van der Waals surface area contributed by atoms with E-state index < -0.39 is 0 Å². The summed E-state index contributed by atoms with van der Waals surface area (Å²) in [4.78, 5) is 20.4. The molecule has 0 saturated carbocycles. The molecule has 3 rings (SSSR count). The van der Waals surface area contributed by atoms with Crippen LogP contribution in [-0.2, 0) is 16.2 Å². The summed E-state index contributed by atoms with van der Waals surface area (Å²) in [6.45, 7) is 19.2. The third kappa shape index (κ3) is 12.2. The normalized spacial score (nSPS) is 10.8. The molecule has 3 aromatic heterocycles. The van der Waals surface area contributed by atoms with Gasteiger partial charge in [0.05, 0.1) is 0 Å². The lowest BCUT2D eigenvalue weighted by atomic mass is 9.89. The van der Waals surface area contributed by atoms with Gasteiger partial charge in [0, 0.05) is 47.5 Å². The van der Waals surface area contributed by atoms with Crippen LogP contribution >= 0.6 is 0 Å². The molecule has 5 heteroatoms. The Morgan fingerprint density at radius 3 is 1.34 bits per heavy atom. The third-order valence-corrected chi connectivity index (χ3v) is 4.10. The smallest absolute Gasteiger partial charge is 0.133 e. The van der Waals surface area contributed by atoms with E-state index in [0.717, 1.165) is 11.5 Å². The maximum absolute atomic E-state index is 4.25. The van der Waals surface area contributed by atoms with Crippen LogP contribution < -0.4 is 0 Å². The first-order valence-corrected chi connectivity index (χ1v) is 10.3. The number of aromatic nitrogens is 5. The first-order chi connectivity index (χ1) is 13.8. The van der Waals surface area contributed by atoms with E-state index in [1.54, 1.807) is 18.7 Å². The summed E-state index contributed by atoms with van der Waals surface area (Å²) in [5.74, 6) is 0.898. The van der Waals surface area contributed by atoms with Crippen LogP contribution in [-0.4, -0.2) is 24.9 Å². The van der Waals surface area contributed by atoms with E-state index in [1.165, 1.54) is 5.56 Å². The van der Waals surface area contributed by atoms with Gasteiger partial charge in [-0.05, 0) is 29.2 Å². The summed E-state index contributed by atoms with van der Waals surface area (Å²) >= 11 is 0. The van der Waals surface area contributed by atoms with Crippen LogP contribution in [0.25, 0.3) is 0 Å². The lowest BCUT2D eigenvalue weighted by Gasteiger charge is -2.16. The predicted octanol–water partition coefficient (Wildman–Crippen LogP) is 7.20. The quantitative estimate of drug-likeness (QED) is 0.370. The highest BCUT2D eigenvalue weighted by molar-refractivity contribution is 5.14. The number of rotatable bonds is 0. The molecule has 0 amide bonds. The molecule has 0 aromatic carbocycles. The predicted molar refractivity (Wildman–Crippen MR) is 138 cm³/mol. The van der Waals surface area contributed by atoms with Crippen molar-refractivity contribution >= 4 is 0 Å². The molecule has 0 aliphatic rings. The molecule has 3 aromatic rings. The van der Waals surface area contributed by atoms with Crippen molar-refractivity contribution < 1.29 is 0 Å². The lowest BCUT2D eigenvalue weighted by Crippen LogP contribution is -2.14. The molecule has 0 spiro atoms. The molecule has 178 valence electrons. The fourth-order valence-electron chi connectivity index (χ4n) is 2.18. The van der Waals surface area contributed by atoms with E-state index in [9.17, 15) is 0 Å². The Kier molecular flexibility index (Phi) is 13.4. The number of pyridine rings is 1. The van der Waals surface area contributed by atoms with Crippen LogP contribution in [0, 0.1) is 0 Å². The minimum Gasteiger partial charge on any atom is -0.261 e. The molecule has 0 saturated heterocycles. The van der Waals surface area contributed by atoms with Crippen LogP contribution in [0.4, 0.5) is 0 Å². The van der Waals surface area contributed by atoms with Crippen molar-refractivity contribution in [2.24, 2.45) is 0 Å². The zero-order chi connectivity index (χ0) is 22.8. The van der Waals surface area contributed by atoms with Crippen molar-refractivity contribution in [3.63, 3.8) is 0 Å². The molecule has 0 radical (unpaired) electrons. The Balaban J connectivity index is 0. The highest BCUT2D eigenvalue weighted by atomic mass is 14.9. The Bertz CT molecular complexity index is 711. The summed E-state index contributed by atoms with van der Waals surface area (Å²) in [5, 5.41) is 0. The number of hydrogen-bond donors (Lipinski definition) is 0. The van der Waals surface area contributed by atoms with Crippen molar-refractivity contribution in [2.45, 2.75) is 93.4 Å². The van der Waals surface area contributed by atoms with Crippen LogP contribution in [0.1, 0.15) is 94.2 Å². The Morgan fingerprint density at radius 2 is 1.06 bits per heavy atom. The Labute approximate surface area is 197 Å². The van der Waals surface area contributed by atoms with Gasteiger partial charge in [0.2, 0.25) is 0 Å². The molecular formula is C27H45N5. The van der Waals surface area contributed by atoms with Gasteiger partial charge < -0.3 is 0 Å². The molecule has 0 N–H and O–H groups in total. The molecular weight excluding hydrogens is 394 g/mol. The summed E-state index contributed by atoms with van der Waals surface area (Å²) in [5.41, 5.74) is 2.74. The van der Waals surface area contributed by atoms with E-state index in [1.807, 2.05) is 36.8 Å². The van der Waals surface area contributed by atoms with E-state index in [0.29, 0.717) is 0 Å². The van der Waals surface area contributed by atoms with Gasteiger partial charge >= 0.3 is 0 Å². The standard InChI is InChI=1S/C9H13N.2C8H12N2.2CH4/c1-9(2,3)8-6-4-5-7-10-8;1-8(2,3)7-4-9-6-10-5-7;1-8(2,3)7-9-5-4-6-10-7;;/h4-7H,1-3H3;2*4-6H,1-3H3;2*1H4. The molecule has 32 heavy (non-hydrogen) atoms. The van der Waals surface area contributed by atoms with E-state index in [4.69, 9.17) is 0 Å². The fourth-order valence-corrected chi connectivity index (χ4v) is 2.18. The van der Waals surface area contributed by atoms with Crippen LogP contribution in [0.5, 0.6) is 0 Å². The summed E-state index contributed by atoms with van der Waals surface area (Å²) in [6, 6.07) is 7.85. The topological polar surface area (TPSA) is 64.5 Å². The van der Waals surface area contributed by atoms with Gasteiger partial charge in [0.15, 0.2) is 0 Å². The highest BCUT2D eigenvalue weighted by Crippen LogP contribution is 2.19. The second-order valence-corrected chi connectivity index (χ2v) is 10.2. The summed E-state index contributed by atoms with van der Waals surface area (Å²) in [6.07, 6.45) is 10.6. The van der Waals surface area contributed by atoms with Gasteiger partial charge in [-0.15, -0.1) is 0 Å². The van der Waals surface area contributed by atoms with Gasteiger partial charge in [0.1, 0.15) is 12.2 Å². The lowest BCUT2D eigenvalue weighted by molar-refractivity contribution is 0.545. The van der Waals surface area contributed by atoms with Crippen LogP contribution in [0.2, 0.25) is 0 Å². The summed E-state index contributed by atoms with van der Waals surface area (Å²) in [7, 11) is 0. The van der Waals surface area contributed by atoms with Crippen molar-refractivity contribution in [3.05, 3.63) is 78.7 Å². The van der Waals surface area contributed by atoms with Crippen LogP contribution in [0.15, 0.2) is 61.6 Å². The third-order valence-electron chi connectivity index (χ3n) is 4.10. The average Bonchev–Trinajstić information content (AvgIpc) is 2.69. The van der Waals surface area contributed by atoms with Crippen molar-refractivity contribution in [2.75, 3.05) is 0 Å². The monoisotopic (exact) mass is 439 g/mol. The second-order valence-electron chi connectivity index (χ2n) is 10.2. The minimum atomic E-state index is 0. The molecule has 0 aliphatic heterocycles. The van der Waals surface area contributed by atoms with Crippen molar-refractivity contribution in [1.29, 1.82) is 0 Å². The Hall–Kier alpha value is -2.69. The maximum atomic E-state index is 4.25. The first-order valence-electron chi connectivity index (χ1n) is 10.3. The zero-order valence-corrected chi connectivity index (χ0v) is 20.0. The van der Waals surface area contributed by atoms with Gasteiger partial charge in [0.25, 0.3) is 0 Å². The molecule has 3 heterocycles. The van der Waals surface area contributed by atoms with Crippen LogP contribution in [0.3, 0.4) is 0 Å². The van der Waals surface area contributed by atoms with Gasteiger partial charge in [-0.25, -0.2) is 19.9 Å². The maximum Gasteiger partial charge on any atom is 0.133 e. The molecule has 0 fully saturated rings. The fraction of sp³-hybridized carbons (Fsp3) is 0.519. The highest BCUT2D eigenvalue weighted by Gasteiger charge is 2.15. The van der Waals surface area contributed by atoms with Crippen molar-refractivity contribution in [3.8, 4) is 0 Å². The molecule has 0 unspecified atom stereocenters. The Morgan fingerprint density at radius 1 is 0.562 bits per heavy atom. The summed E-state index contributed by atoms with van der Waals surface area (Å²) < 4.78 is 0. The molecule has 0 bridgehead atoms. The van der Waals surface area contributed by atoms with E-state index in [-0.39, 0.29) is 31.1 Å². The molecule has 5 nitrogen and oxygen atoms in total. The van der Waals surface area contributed by atoms with Gasteiger partial charge in [-0.2, -0.15) is 0 Å². The SMILES string of the molecule is C.C.CC(C)(C)c1ccccn1.CC(C)(C)c1cncnc1.CC(C)(C)c1ncccn1. The number of nitrogens with zero attached hydrogens (tertiary/aromatic N) is 5.